The molecule has 0 saturated carbocycles. The summed E-state index contributed by atoms with van der Waals surface area (Å²) in [4.78, 5) is 23.8. The molecular formula is C19H18N4O3. The van der Waals surface area contributed by atoms with Crippen molar-refractivity contribution in [2.24, 2.45) is 17.3 Å². The maximum absolute atomic E-state index is 11.9. The quantitative estimate of drug-likeness (QED) is 0.707. The first-order valence-electron chi connectivity index (χ1n) is 8.03. The number of nitrogens with zero attached hydrogens (tertiary/aromatic N) is 3. The highest BCUT2D eigenvalue weighted by molar-refractivity contribution is 5.97. The fourth-order valence-electron chi connectivity index (χ4n) is 2.61. The van der Waals surface area contributed by atoms with Crippen molar-refractivity contribution >= 4 is 28.4 Å². The van der Waals surface area contributed by atoms with Gasteiger partial charge in [-0.25, -0.2) is 0 Å². The minimum atomic E-state index is -0.613. The van der Waals surface area contributed by atoms with Gasteiger partial charge in [0.05, 0.1) is 5.52 Å². The van der Waals surface area contributed by atoms with Crippen LogP contribution in [0.1, 0.15) is 15.9 Å². The second-order valence-electron chi connectivity index (χ2n) is 5.89. The van der Waals surface area contributed by atoms with Crippen LogP contribution < -0.4 is 5.32 Å². The molecule has 0 aliphatic rings. The molecule has 7 nitrogen and oxygen atoms in total. The third kappa shape index (κ3) is 3.46. The highest BCUT2D eigenvalue weighted by Crippen LogP contribution is 2.38. The Labute approximate surface area is 150 Å². The number of rotatable bonds is 4. The first kappa shape index (κ1) is 17.3. The lowest BCUT2D eigenvalue weighted by Crippen LogP contribution is -2.28. The molecule has 7 heteroatoms. The van der Waals surface area contributed by atoms with E-state index in [0.29, 0.717) is 10.9 Å². The molecule has 0 fully saturated rings. The molecule has 132 valence electrons. The molecule has 0 aliphatic carbocycles. The van der Waals surface area contributed by atoms with Crippen LogP contribution in [0.3, 0.4) is 0 Å². The zero-order chi connectivity index (χ0) is 18.7. The van der Waals surface area contributed by atoms with Gasteiger partial charge in [0, 0.05) is 18.0 Å². The van der Waals surface area contributed by atoms with Crippen LogP contribution in [0.25, 0.3) is 10.9 Å². The second kappa shape index (κ2) is 7.18. The fraction of sp³-hybridized carbons (Fsp3) is 0.158. The molecule has 0 unspecified atom stereocenters. The monoisotopic (exact) mass is 350 g/mol. The van der Waals surface area contributed by atoms with Gasteiger partial charge in [-0.15, -0.1) is 10.2 Å². The standard InChI is InChI=1S/C19H18N4O3/c1-12-8-9-15-14(10-12)17(19(26)23(15)2)22-21-16(24)11-20-18(25)13-6-4-3-5-7-13/h3-10,26H,11H2,1-2H3,(H,20,25). The maximum Gasteiger partial charge on any atom is 0.283 e. The molecule has 0 spiro atoms. The van der Waals surface area contributed by atoms with Crippen LogP contribution in [0.2, 0.25) is 0 Å². The van der Waals surface area contributed by atoms with Crippen molar-refractivity contribution in [3.05, 3.63) is 59.7 Å². The van der Waals surface area contributed by atoms with Crippen LogP contribution in [0.5, 0.6) is 5.88 Å². The van der Waals surface area contributed by atoms with Crippen LogP contribution in [0.4, 0.5) is 5.69 Å². The van der Waals surface area contributed by atoms with Gasteiger partial charge in [0.25, 0.3) is 11.8 Å². The van der Waals surface area contributed by atoms with E-state index in [4.69, 9.17) is 0 Å². The number of hydrogen-bond acceptors (Lipinski definition) is 4. The van der Waals surface area contributed by atoms with Gasteiger partial charge in [0.1, 0.15) is 6.54 Å². The van der Waals surface area contributed by atoms with E-state index in [1.807, 2.05) is 25.1 Å². The van der Waals surface area contributed by atoms with Crippen LogP contribution in [-0.4, -0.2) is 28.0 Å². The Balaban J connectivity index is 1.73. The first-order chi connectivity index (χ1) is 12.5. The summed E-state index contributed by atoms with van der Waals surface area (Å²) in [6.45, 7) is 1.65. The normalized spacial score (nSPS) is 11.2. The van der Waals surface area contributed by atoms with E-state index in [1.54, 1.807) is 41.9 Å². The van der Waals surface area contributed by atoms with E-state index < -0.39 is 5.91 Å². The third-order valence-corrected chi connectivity index (χ3v) is 4.00. The van der Waals surface area contributed by atoms with Crippen molar-refractivity contribution in [2.45, 2.75) is 6.92 Å². The molecule has 2 aromatic carbocycles. The molecule has 0 saturated heterocycles. The predicted octanol–water partition coefficient (Wildman–Crippen LogP) is 3.23. The largest absolute Gasteiger partial charge is 0.493 e. The molecule has 2 N–H and O–H groups in total. The van der Waals surface area contributed by atoms with Crippen molar-refractivity contribution in [1.29, 1.82) is 0 Å². The van der Waals surface area contributed by atoms with E-state index in [2.05, 4.69) is 15.5 Å². The molecule has 26 heavy (non-hydrogen) atoms. The van der Waals surface area contributed by atoms with E-state index in [1.165, 1.54) is 0 Å². The summed E-state index contributed by atoms with van der Waals surface area (Å²) in [6.07, 6.45) is 0. The zero-order valence-electron chi connectivity index (χ0n) is 14.4. The lowest BCUT2D eigenvalue weighted by Gasteiger charge is -2.01. The number of carbonyl (C=O) groups excluding carboxylic acids is 2. The minimum absolute atomic E-state index is 0.0736. The van der Waals surface area contributed by atoms with Crippen LogP contribution in [0.15, 0.2) is 58.8 Å². The third-order valence-electron chi connectivity index (χ3n) is 4.00. The summed E-state index contributed by atoms with van der Waals surface area (Å²) in [6, 6.07) is 14.2. The van der Waals surface area contributed by atoms with Crippen molar-refractivity contribution in [1.82, 2.24) is 9.88 Å². The number of aryl methyl sites for hydroxylation is 2. The zero-order valence-corrected chi connectivity index (χ0v) is 14.4. The number of carbonyl (C=O) groups is 2. The molecular weight excluding hydrogens is 332 g/mol. The molecule has 2 amide bonds. The van der Waals surface area contributed by atoms with Gasteiger partial charge < -0.3 is 15.0 Å². The van der Waals surface area contributed by atoms with Crippen molar-refractivity contribution in [3.8, 4) is 5.88 Å². The number of aromatic hydroxyl groups is 1. The fourth-order valence-corrected chi connectivity index (χ4v) is 2.61. The van der Waals surface area contributed by atoms with Crippen molar-refractivity contribution < 1.29 is 14.7 Å². The van der Waals surface area contributed by atoms with E-state index in [-0.39, 0.29) is 24.0 Å². The highest BCUT2D eigenvalue weighted by atomic mass is 16.3. The summed E-state index contributed by atoms with van der Waals surface area (Å²) in [5.74, 6) is -1.05. The number of amides is 2. The van der Waals surface area contributed by atoms with E-state index in [0.717, 1.165) is 11.1 Å². The Morgan fingerprint density at radius 3 is 2.62 bits per heavy atom. The average Bonchev–Trinajstić information content (AvgIpc) is 2.88. The van der Waals surface area contributed by atoms with Gasteiger partial charge in [0.15, 0.2) is 5.69 Å². The van der Waals surface area contributed by atoms with Crippen LogP contribution >= 0.6 is 0 Å². The van der Waals surface area contributed by atoms with Gasteiger partial charge in [0.2, 0.25) is 5.88 Å². The number of fused-ring (bicyclic) bond motifs is 1. The van der Waals surface area contributed by atoms with Gasteiger partial charge >= 0.3 is 0 Å². The van der Waals surface area contributed by atoms with Gasteiger partial charge in [-0.2, -0.15) is 0 Å². The van der Waals surface area contributed by atoms with Crippen molar-refractivity contribution in [3.63, 3.8) is 0 Å². The Hall–Kier alpha value is -3.48. The molecule has 3 rings (SSSR count). The molecule has 1 heterocycles. The summed E-state index contributed by atoms with van der Waals surface area (Å²) in [7, 11) is 1.70. The lowest BCUT2D eigenvalue weighted by atomic mass is 10.1. The molecule has 1 aromatic heterocycles. The number of aromatic nitrogens is 1. The van der Waals surface area contributed by atoms with Crippen LogP contribution in [0, 0.1) is 6.92 Å². The Morgan fingerprint density at radius 1 is 1.15 bits per heavy atom. The Morgan fingerprint density at radius 2 is 1.88 bits per heavy atom. The Bertz CT molecular complexity index is 1010. The molecule has 0 atom stereocenters. The van der Waals surface area contributed by atoms with Gasteiger partial charge in [-0.3, -0.25) is 9.59 Å². The molecule has 0 aliphatic heterocycles. The average molecular weight is 350 g/mol. The summed E-state index contributed by atoms with van der Waals surface area (Å²) in [5.41, 5.74) is 2.47. The summed E-state index contributed by atoms with van der Waals surface area (Å²) >= 11 is 0. The number of hydrogen-bond donors (Lipinski definition) is 2. The first-order valence-corrected chi connectivity index (χ1v) is 8.03. The summed E-state index contributed by atoms with van der Waals surface area (Å²) in [5, 5.41) is 20.9. The predicted molar refractivity (Wildman–Crippen MR) is 97.6 cm³/mol. The molecule has 0 bridgehead atoms. The smallest absolute Gasteiger partial charge is 0.283 e. The Kier molecular flexibility index (Phi) is 4.79. The SMILES string of the molecule is Cc1ccc2c(c1)c(N=NC(=O)CNC(=O)c1ccccc1)c(O)n2C. The van der Waals surface area contributed by atoms with E-state index >= 15 is 0 Å². The van der Waals surface area contributed by atoms with Crippen LogP contribution in [-0.2, 0) is 11.8 Å². The molecule has 3 aromatic rings. The van der Waals surface area contributed by atoms with E-state index in [9.17, 15) is 14.7 Å². The van der Waals surface area contributed by atoms with Crippen molar-refractivity contribution in [2.75, 3.05) is 6.54 Å². The molecule has 0 radical (unpaired) electrons. The maximum atomic E-state index is 11.9. The number of nitrogens with one attached hydrogen (secondary N) is 1. The summed E-state index contributed by atoms with van der Waals surface area (Å²) < 4.78 is 1.57. The van der Waals surface area contributed by atoms with Gasteiger partial charge in [-0.1, -0.05) is 29.8 Å². The minimum Gasteiger partial charge on any atom is -0.493 e. The second-order valence-corrected chi connectivity index (χ2v) is 5.89. The topological polar surface area (TPSA) is 96.1 Å². The highest BCUT2D eigenvalue weighted by Gasteiger charge is 2.15. The van der Waals surface area contributed by atoms with Gasteiger partial charge in [-0.05, 0) is 31.2 Å². The number of azo groups is 1. The number of benzene rings is 2. The lowest BCUT2D eigenvalue weighted by molar-refractivity contribution is -0.117.